The van der Waals surface area contributed by atoms with E-state index in [-0.39, 0.29) is 29.6 Å². The summed E-state index contributed by atoms with van der Waals surface area (Å²) in [6.45, 7) is 4.19. The Kier molecular flexibility index (Phi) is 8.28. The molecule has 0 aromatic heterocycles. The van der Waals surface area contributed by atoms with Gasteiger partial charge in [-0.3, -0.25) is 4.79 Å². The normalized spacial score (nSPS) is 23.8. The first kappa shape index (κ1) is 27.8. The lowest BCUT2D eigenvalue weighted by molar-refractivity contribution is 0.0489. The van der Waals surface area contributed by atoms with Gasteiger partial charge in [-0.15, -0.1) is 0 Å². The van der Waals surface area contributed by atoms with Gasteiger partial charge in [0.25, 0.3) is 5.91 Å². The predicted molar refractivity (Wildman–Crippen MR) is 157 cm³/mol. The molecular formula is C33H42N4O4. The first-order chi connectivity index (χ1) is 20.0. The lowest BCUT2D eigenvalue weighted by Gasteiger charge is -2.44. The monoisotopic (exact) mass is 558 g/mol. The molecule has 3 amide bonds. The molecular weight excluding hydrogens is 516 g/mol. The van der Waals surface area contributed by atoms with E-state index in [2.05, 4.69) is 45.0 Å². The third-order valence-electron chi connectivity index (χ3n) is 9.91. The van der Waals surface area contributed by atoms with Gasteiger partial charge >= 0.3 is 12.0 Å². The number of hydrogen-bond donors (Lipinski definition) is 1. The van der Waals surface area contributed by atoms with E-state index in [0.717, 1.165) is 58.2 Å². The van der Waals surface area contributed by atoms with Crippen molar-refractivity contribution in [1.82, 2.24) is 19.6 Å². The van der Waals surface area contributed by atoms with Crippen LogP contribution in [-0.2, 0) is 0 Å². The lowest BCUT2D eigenvalue weighted by Crippen LogP contribution is -2.52. The molecule has 4 aliphatic rings. The number of carboxylic acid groups (broad SMARTS) is 1. The van der Waals surface area contributed by atoms with E-state index in [1.165, 1.54) is 37.0 Å². The number of likely N-dealkylation sites (tertiary alicyclic amines) is 2. The zero-order valence-corrected chi connectivity index (χ0v) is 23.9. The second kappa shape index (κ2) is 12.2. The zero-order valence-electron chi connectivity index (χ0n) is 23.9. The number of carboxylic acids is 1. The fraction of sp³-hybridized carbons (Fsp3) is 0.545. The average molecular weight is 559 g/mol. The molecule has 1 N–H and O–H groups in total. The van der Waals surface area contributed by atoms with Gasteiger partial charge in [0.1, 0.15) is 0 Å². The number of urea groups is 1. The van der Waals surface area contributed by atoms with Crippen molar-refractivity contribution < 1.29 is 19.5 Å². The van der Waals surface area contributed by atoms with Gasteiger partial charge in [0.05, 0.1) is 11.6 Å². The Labute approximate surface area is 242 Å². The molecule has 1 atom stereocenters. The molecule has 41 heavy (non-hydrogen) atoms. The zero-order chi connectivity index (χ0) is 28.3. The lowest BCUT2D eigenvalue weighted by atomic mass is 9.94. The summed E-state index contributed by atoms with van der Waals surface area (Å²) < 4.78 is 0. The molecule has 3 saturated heterocycles. The van der Waals surface area contributed by atoms with E-state index in [1.54, 1.807) is 12.1 Å². The topological polar surface area (TPSA) is 84.4 Å². The van der Waals surface area contributed by atoms with Gasteiger partial charge in [-0.2, -0.15) is 0 Å². The molecule has 0 bridgehead atoms. The van der Waals surface area contributed by atoms with Crippen molar-refractivity contribution in [2.45, 2.75) is 82.0 Å². The summed E-state index contributed by atoms with van der Waals surface area (Å²) in [6, 6.07) is 18.3. The highest BCUT2D eigenvalue weighted by Gasteiger charge is 2.45. The molecule has 6 rings (SSSR count). The van der Waals surface area contributed by atoms with Crippen LogP contribution in [0.1, 0.15) is 90.1 Å². The molecule has 8 nitrogen and oxygen atoms in total. The van der Waals surface area contributed by atoms with Gasteiger partial charge in [-0.05, 0) is 68.4 Å². The second-order valence-corrected chi connectivity index (χ2v) is 12.2. The van der Waals surface area contributed by atoms with E-state index in [1.807, 2.05) is 4.90 Å². The Morgan fingerprint density at radius 1 is 0.683 bits per heavy atom. The highest BCUT2D eigenvalue weighted by molar-refractivity contribution is 5.96. The molecule has 0 radical (unpaired) electrons. The number of hydrogen-bond acceptors (Lipinski definition) is 4. The maximum Gasteiger partial charge on any atom is 0.335 e. The van der Waals surface area contributed by atoms with Crippen LogP contribution in [0.2, 0.25) is 0 Å². The van der Waals surface area contributed by atoms with Gasteiger partial charge in [0, 0.05) is 56.4 Å². The number of carbonyl (C=O) groups excluding carboxylic acids is 2. The van der Waals surface area contributed by atoms with Crippen LogP contribution in [-0.4, -0.2) is 93.5 Å². The van der Waals surface area contributed by atoms with E-state index in [9.17, 15) is 14.4 Å². The van der Waals surface area contributed by atoms with E-state index >= 15 is 0 Å². The van der Waals surface area contributed by atoms with Crippen LogP contribution in [0.25, 0.3) is 0 Å². The molecule has 8 heteroatoms. The molecule has 4 fully saturated rings. The number of piperidine rings is 2. The highest BCUT2D eigenvalue weighted by atomic mass is 16.4. The van der Waals surface area contributed by atoms with E-state index < -0.39 is 5.97 Å². The summed E-state index contributed by atoms with van der Waals surface area (Å²) in [4.78, 5) is 46.9. The summed E-state index contributed by atoms with van der Waals surface area (Å²) >= 11 is 0. The van der Waals surface area contributed by atoms with Gasteiger partial charge in [-0.1, -0.05) is 49.6 Å². The first-order valence-corrected chi connectivity index (χ1v) is 15.5. The van der Waals surface area contributed by atoms with Crippen molar-refractivity contribution in [1.29, 1.82) is 0 Å². The van der Waals surface area contributed by atoms with Crippen molar-refractivity contribution >= 4 is 17.9 Å². The number of aromatic carboxylic acids is 1. The number of benzene rings is 2. The minimum atomic E-state index is -0.986. The maximum absolute atomic E-state index is 13.9. The van der Waals surface area contributed by atoms with Gasteiger partial charge in [0.2, 0.25) is 0 Å². The number of carbonyl (C=O) groups is 3. The third-order valence-corrected chi connectivity index (χ3v) is 9.91. The second-order valence-electron chi connectivity index (χ2n) is 12.2. The largest absolute Gasteiger partial charge is 0.478 e. The van der Waals surface area contributed by atoms with Crippen molar-refractivity contribution in [3.63, 3.8) is 0 Å². The first-order valence-electron chi connectivity index (χ1n) is 15.5. The van der Waals surface area contributed by atoms with Gasteiger partial charge < -0.3 is 24.7 Å². The van der Waals surface area contributed by atoms with E-state index in [4.69, 9.17) is 5.11 Å². The maximum atomic E-state index is 13.9. The fourth-order valence-corrected chi connectivity index (χ4v) is 7.59. The minimum Gasteiger partial charge on any atom is -0.478 e. The molecule has 0 unspecified atom stereocenters. The average Bonchev–Trinajstić information content (AvgIpc) is 3.38. The van der Waals surface area contributed by atoms with E-state index in [0.29, 0.717) is 30.7 Å². The van der Waals surface area contributed by atoms with Gasteiger partial charge in [-0.25, -0.2) is 9.59 Å². The summed E-state index contributed by atoms with van der Waals surface area (Å²) in [7, 11) is 0. The van der Waals surface area contributed by atoms with Crippen LogP contribution >= 0.6 is 0 Å². The smallest absolute Gasteiger partial charge is 0.335 e. The molecule has 3 heterocycles. The van der Waals surface area contributed by atoms with Gasteiger partial charge in [0.15, 0.2) is 0 Å². The number of rotatable bonds is 6. The summed E-state index contributed by atoms with van der Waals surface area (Å²) in [5.41, 5.74) is 1.98. The standard InChI is InChI=1S/C33H42N4O4/c38-31(25-11-13-26(14-12-25)32(39)40)35-21-15-27(16-22-35)34-19-17-29(18-20-34)37-30(24-7-3-1-4-8-24)23-36(33(37)41)28-9-5-2-6-10-28/h1,3-4,7-8,11-14,27-30H,2,5-6,9-10,15-23H2,(H,39,40)/t30-/m0/s1. The van der Waals surface area contributed by atoms with Crippen LogP contribution in [0.4, 0.5) is 4.79 Å². The van der Waals surface area contributed by atoms with Crippen LogP contribution in [0, 0.1) is 0 Å². The fourth-order valence-electron chi connectivity index (χ4n) is 7.59. The summed E-state index contributed by atoms with van der Waals surface area (Å²) in [6.07, 6.45) is 9.86. The molecule has 2 aromatic carbocycles. The number of amides is 3. The Bertz CT molecular complexity index is 1210. The van der Waals surface area contributed by atoms with Crippen LogP contribution < -0.4 is 0 Å². The van der Waals surface area contributed by atoms with Crippen molar-refractivity contribution in [3.8, 4) is 0 Å². The molecule has 1 aliphatic carbocycles. The molecule has 1 saturated carbocycles. The Balaban J connectivity index is 1.05. The van der Waals surface area contributed by atoms with Crippen molar-refractivity contribution in [2.75, 3.05) is 32.7 Å². The Morgan fingerprint density at radius 3 is 1.93 bits per heavy atom. The van der Waals surface area contributed by atoms with Crippen LogP contribution in [0.15, 0.2) is 54.6 Å². The van der Waals surface area contributed by atoms with Crippen molar-refractivity contribution in [3.05, 3.63) is 71.3 Å². The van der Waals surface area contributed by atoms with Crippen LogP contribution in [0.3, 0.4) is 0 Å². The molecule has 0 spiro atoms. The Morgan fingerprint density at radius 2 is 1.29 bits per heavy atom. The summed E-state index contributed by atoms with van der Waals surface area (Å²) in [5, 5.41) is 9.12. The quantitative estimate of drug-likeness (QED) is 0.523. The minimum absolute atomic E-state index is 0.0267. The molecule has 218 valence electrons. The predicted octanol–water partition coefficient (Wildman–Crippen LogP) is 5.27. The third kappa shape index (κ3) is 5.85. The molecule has 3 aliphatic heterocycles. The molecule has 2 aromatic rings. The Hall–Kier alpha value is -3.39. The van der Waals surface area contributed by atoms with Crippen LogP contribution in [0.5, 0.6) is 0 Å². The van der Waals surface area contributed by atoms with Crippen molar-refractivity contribution in [2.24, 2.45) is 0 Å². The highest BCUT2D eigenvalue weighted by Crippen LogP contribution is 2.38. The summed E-state index contributed by atoms with van der Waals surface area (Å²) in [5.74, 6) is -1.01. The SMILES string of the molecule is O=C(O)c1ccc(C(=O)N2CCC(N3CCC(N4C(=O)N(C5CCCCC5)C[C@H]4c4ccccc4)CC3)CC2)cc1. The number of nitrogens with zero attached hydrogens (tertiary/aromatic N) is 4.